The lowest BCUT2D eigenvalue weighted by atomic mass is 9.84. The summed E-state index contributed by atoms with van der Waals surface area (Å²) < 4.78 is 5.39. The van der Waals surface area contributed by atoms with Gasteiger partial charge in [-0.25, -0.2) is 0 Å². The molecule has 1 aliphatic carbocycles. The van der Waals surface area contributed by atoms with Crippen molar-refractivity contribution in [3.8, 4) is 5.75 Å². The van der Waals surface area contributed by atoms with E-state index < -0.39 is 0 Å². The van der Waals surface area contributed by atoms with Gasteiger partial charge < -0.3 is 20.3 Å². The molecule has 28 heavy (non-hydrogen) atoms. The molecule has 158 valence electrons. The highest BCUT2D eigenvalue weighted by molar-refractivity contribution is 14.0. The molecule has 1 aliphatic rings. The molecule has 0 spiro atoms. The number of hydrogen-bond donors (Lipinski definition) is 2. The third kappa shape index (κ3) is 6.25. The third-order valence-electron chi connectivity index (χ3n) is 5.42. The fraction of sp³-hybridized carbons (Fsp3) is 0.619. The summed E-state index contributed by atoms with van der Waals surface area (Å²) in [5, 5.41) is 6.73. The molecule has 0 saturated heterocycles. The number of benzene rings is 1. The number of nitrogens with zero attached hydrogens (tertiary/aromatic N) is 2. The minimum atomic E-state index is -0.300. The average molecular weight is 502 g/mol. The smallest absolute Gasteiger partial charge is 0.230 e. The normalized spacial score (nSPS) is 15.5. The highest BCUT2D eigenvalue weighted by Gasteiger charge is 2.42. The van der Waals surface area contributed by atoms with Crippen LogP contribution in [0.5, 0.6) is 5.75 Å². The number of guanidine groups is 1. The summed E-state index contributed by atoms with van der Waals surface area (Å²) >= 11 is 0. The van der Waals surface area contributed by atoms with E-state index in [9.17, 15) is 4.79 Å². The van der Waals surface area contributed by atoms with Crippen LogP contribution in [0.25, 0.3) is 0 Å². The van der Waals surface area contributed by atoms with Gasteiger partial charge in [0, 0.05) is 34.2 Å². The van der Waals surface area contributed by atoms with Crippen molar-refractivity contribution in [2.45, 2.75) is 39.0 Å². The van der Waals surface area contributed by atoms with Crippen molar-refractivity contribution in [3.05, 3.63) is 29.3 Å². The van der Waals surface area contributed by atoms with Crippen molar-refractivity contribution in [2.24, 2.45) is 10.4 Å². The van der Waals surface area contributed by atoms with Crippen molar-refractivity contribution in [2.75, 3.05) is 41.3 Å². The Morgan fingerprint density at radius 1 is 1.25 bits per heavy atom. The van der Waals surface area contributed by atoms with Crippen LogP contribution in [-0.2, 0) is 11.2 Å². The van der Waals surface area contributed by atoms with Crippen LogP contribution in [0.1, 0.15) is 36.8 Å². The van der Waals surface area contributed by atoms with Crippen LogP contribution in [0.3, 0.4) is 0 Å². The molecule has 7 heteroatoms. The lowest BCUT2D eigenvalue weighted by Crippen LogP contribution is -2.49. The maximum atomic E-state index is 12.7. The number of carbonyl (C=O) groups excluding carboxylic acids is 1. The van der Waals surface area contributed by atoms with Gasteiger partial charge in [-0.15, -0.1) is 24.0 Å². The van der Waals surface area contributed by atoms with Gasteiger partial charge in [-0.3, -0.25) is 9.79 Å². The fourth-order valence-corrected chi connectivity index (χ4v) is 3.81. The van der Waals surface area contributed by atoms with Crippen LogP contribution in [0.4, 0.5) is 0 Å². The highest BCUT2D eigenvalue weighted by atomic mass is 127. The van der Waals surface area contributed by atoms with Gasteiger partial charge in [0.15, 0.2) is 5.96 Å². The number of hydrogen-bond acceptors (Lipinski definition) is 3. The lowest BCUT2D eigenvalue weighted by molar-refractivity contribution is -0.138. The molecule has 0 heterocycles. The van der Waals surface area contributed by atoms with Gasteiger partial charge in [-0.05, 0) is 43.4 Å². The second kappa shape index (κ2) is 11.5. The summed E-state index contributed by atoms with van der Waals surface area (Å²) in [6.45, 7) is 3.43. The Morgan fingerprint density at radius 2 is 1.93 bits per heavy atom. The first-order valence-corrected chi connectivity index (χ1v) is 9.71. The number of nitrogens with one attached hydrogen (secondary N) is 2. The van der Waals surface area contributed by atoms with Crippen molar-refractivity contribution >= 4 is 35.8 Å². The number of aryl methyl sites for hydroxylation is 1. The van der Waals surface area contributed by atoms with Gasteiger partial charge in [0.2, 0.25) is 5.91 Å². The zero-order chi connectivity index (χ0) is 19.9. The maximum Gasteiger partial charge on any atom is 0.230 e. The van der Waals surface area contributed by atoms with E-state index in [0.29, 0.717) is 6.54 Å². The molecule has 2 rings (SSSR count). The zero-order valence-corrected chi connectivity index (χ0v) is 20.1. The van der Waals surface area contributed by atoms with Crippen molar-refractivity contribution < 1.29 is 9.53 Å². The van der Waals surface area contributed by atoms with E-state index in [2.05, 4.69) is 33.8 Å². The monoisotopic (exact) mass is 502 g/mol. The summed E-state index contributed by atoms with van der Waals surface area (Å²) in [5.74, 6) is 1.88. The number of aliphatic imine (C=N–C) groups is 1. The van der Waals surface area contributed by atoms with E-state index >= 15 is 0 Å². The minimum absolute atomic E-state index is 0. The molecule has 1 amide bonds. The third-order valence-corrected chi connectivity index (χ3v) is 5.42. The number of ether oxygens (including phenoxy) is 1. The van der Waals surface area contributed by atoms with E-state index in [1.54, 1.807) is 19.1 Å². The van der Waals surface area contributed by atoms with E-state index in [1.807, 2.05) is 21.0 Å². The first-order chi connectivity index (χ1) is 12.9. The van der Waals surface area contributed by atoms with E-state index in [0.717, 1.165) is 55.9 Å². The molecule has 0 unspecified atom stereocenters. The largest absolute Gasteiger partial charge is 0.496 e. The topological polar surface area (TPSA) is 66.0 Å². The van der Waals surface area contributed by atoms with Crippen molar-refractivity contribution in [1.82, 2.24) is 15.5 Å². The molecule has 1 aromatic rings. The maximum absolute atomic E-state index is 12.7. The van der Waals surface area contributed by atoms with Crippen LogP contribution in [0.2, 0.25) is 0 Å². The molecule has 0 aliphatic heterocycles. The standard InChI is InChI=1S/C21H34N4O2.HI/c1-16-8-9-17(14-18(16)27-5)10-13-23-20(22-2)24-15-21(11-6-7-12-21)19(26)25(3)4;/h8-9,14H,6-7,10-13,15H2,1-5H3,(H2,22,23,24);1H. The van der Waals surface area contributed by atoms with Crippen LogP contribution < -0.4 is 15.4 Å². The average Bonchev–Trinajstić information content (AvgIpc) is 3.15. The van der Waals surface area contributed by atoms with Gasteiger partial charge in [-0.2, -0.15) is 0 Å². The van der Waals surface area contributed by atoms with Crippen LogP contribution in [0.15, 0.2) is 23.2 Å². The number of amides is 1. The number of halogens is 1. The summed E-state index contributed by atoms with van der Waals surface area (Å²) in [6, 6.07) is 6.29. The minimum Gasteiger partial charge on any atom is -0.496 e. The quantitative estimate of drug-likeness (QED) is 0.342. The Kier molecular flexibility index (Phi) is 10.1. The van der Waals surface area contributed by atoms with Crippen LogP contribution >= 0.6 is 24.0 Å². The van der Waals surface area contributed by atoms with E-state index in [1.165, 1.54) is 5.56 Å². The van der Waals surface area contributed by atoms with Crippen molar-refractivity contribution in [1.29, 1.82) is 0 Å². The molecule has 0 bridgehead atoms. The van der Waals surface area contributed by atoms with E-state index in [-0.39, 0.29) is 35.3 Å². The second-order valence-corrected chi connectivity index (χ2v) is 7.59. The number of carbonyl (C=O) groups is 1. The van der Waals surface area contributed by atoms with E-state index in [4.69, 9.17) is 4.74 Å². The Morgan fingerprint density at radius 3 is 2.50 bits per heavy atom. The van der Waals surface area contributed by atoms with Gasteiger partial charge in [0.25, 0.3) is 0 Å². The Labute approximate surface area is 186 Å². The SMILES string of the molecule is CN=C(NCCc1ccc(C)c(OC)c1)NCC1(C(=O)N(C)C)CCCC1.I. The van der Waals surface area contributed by atoms with Gasteiger partial charge in [-0.1, -0.05) is 25.0 Å². The number of rotatable bonds is 7. The van der Waals surface area contributed by atoms with Crippen LogP contribution in [0, 0.1) is 12.3 Å². The molecule has 0 aromatic heterocycles. The first kappa shape index (κ1) is 24.5. The second-order valence-electron chi connectivity index (χ2n) is 7.59. The molecule has 0 atom stereocenters. The fourth-order valence-electron chi connectivity index (χ4n) is 3.81. The van der Waals surface area contributed by atoms with Gasteiger partial charge in [0.1, 0.15) is 5.75 Å². The summed E-state index contributed by atoms with van der Waals surface area (Å²) in [5.41, 5.74) is 2.06. The number of methoxy groups -OCH3 is 1. The molecular weight excluding hydrogens is 467 g/mol. The van der Waals surface area contributed by atoms with Gasteiger partial charge >= 0.3 is 0 Å². The Hall–Kier alpha value is -1.51. The molecule has 1 aromatic carbocycles. The predicted octanol–water partition coefficient (Wildman–Crippen LogP) is 2.98. The Bertz CT molecular complexity index is 670. The molecule has 1 fully saturated rings. The van der Waals surface area contributed by atoms with Crippen molar-refractivity contribution in [3.63, 3.8) is 0 Å². The summed E-state index contributed by atoms with van der Waals surface area (Å²) in [6.07, 6.45) is 4.98. The van der Waals surface area contributed by atoms with Gasteiger partial charge in [0.05, 0.1) is 12.5 Å². The molecule has 0 radical (unpaired) electrons. The molecular formula is C21H35IN4O2. The zero-order valence-electron chi connectivity index (χ0n) is 17.8. The molecule has 1 saturated carbocycles. The first-order valence-electron chi connectivity index (χ1n) is 9.71. The molecule has 2 N–H and O–H groups in total. The summed E-state index contributed by atoms with van der Waals surface area (Å²) in [7, 11) is 7.14. The molecule has 6 nitrogen and oxygen atoms in total. The predicted molar refractivity (Wildman–Crippen MR) is 126 cm³/mol. The Balaban J connectivity index is 0.00000392. The highest BCUT2D eigenvalue weighted by Crippen LogP contribution is 2.38. The summed E-state index contributed by atoms with van der Waals surface area (Å²) in [4.78, 5) is 18.7. The van der Waals surface area contributed by atoms with Crippen LogP contribution in [-0.4, -0.2) is 58.1 Å². The lowest BCUT2D eigenvalue weighted by Gasteiger charge is -2.31.